The van der Waals surface area contributed by atoms with Crippen molar-refractivity contribution in [2.45, 2.75) is 20.0 Å². The number of aliphatic imine (C=N–C) groups is 1. The minimum Gasteiger partial charge on any atom is -0.484 e. The van der Waals surface area contributed by atoms with Crippen LogP contribution in [0.25, 0.3) is 0 Å². The summed E-state index contributed by atoms with van der Waals surface area (Å²) in [6.07, 6.45) is 3.91. The highest BCUT2D eigenvalue weighted by Crippen LogP contribution is 2.11. The van der Waals surface area contributed by atoms with E-state index in [9.17, 15) is 0 Å². The summed E-state index contributed by atoms with van der Waals surface area (Å²) in [7, 11) is 1.78. The number of para-hydroxylation sites is 1. The molecule has 0 N–H and O–H groups in total. The number of ether oxygens (including phenoxy) is 1. The summed E-state index contributed by atoms with van der Waals surface area (Å²) in [6.45, 7) is 3.97. The van der Waals surface area contributed by atoms with Gasteiger partial charge in [-0.1, -0.05) is 24.3 Å². The molecule has 0 spiro atoms. The first-order valence-corrected chi connectivity index (χ1v) is 5.09. The Morgan fingerprint density at radius 2 is 2.00 bits per heavy atom. The van der Waals surface area contributed by atoms with E-state index in [1.54, 1.807) is 7.05 Å². The Morgan fingerprint density at radius 3 is 2.53 bits per heavy atom. The molecule has 0 aliphatic rings. The lowest BCUT2D eigenvalue weighted by Gasteiger charge is -2.14. The van der Waals surface area contributed by atoms with E-state index in [1.807, 2.05) is 56.3 Å². The van der Waals surface area contributed by atoms with Crippen LogP contribution >= 0.6 is 0 Å². The van der Waals surface area contributed by atoms with Crippen molar-refractivity contribution in [1.82, 2.24) is 0 Å². The Morgan fingerprint density at radius 1 is 1.33 bits per heavy atom. The van der Waals surface area contributed by atoms with Gasteiger partial charge in [0.1, 0.15) is 11.9 Å². The van der Waals surface area contributed by atoms with Gasteiger partial charge in [0.2, 0.25) is 0 Å². The van der Waals surface area contributed by atoms with Crippen molar-refractivity contribution in [2.24, 2.45) is 4.99 Å². The number of hydrogen-bond donors (Lipinski definition) is 0. The van der Waals surface area contributed by atoms with Crippen LogP contribution < -0.4 is 4.74 Å². The third-order valence-corrected chi connectivity index (χ3v) is 2.07. The monoisotopic (exact) mass is 203 g/mol. The molecule has 1 aromatic carbocycles. The van der Waals surface area contributed by atoms with E-state index in [1.165, 1.54) is 0 Å². The van der Waals surface area contributed by atoms with Gasteiger partial charge in [-0.3, -0.25) is 4.99 Å². The summed E-state index contributed by atoms with van der Waals surface area (Å²) < 4.78 is 5.74. The maximum Gasteiger partial charge on any atom is 0.137 e. The molecular weight excluding hydrogens is 186 g/mol. The average Bonchev–Trinajstić information content (AvgIpc) is 2.27. The van der Waals surface area contributed by atoms with Gasteiger partial charge >= 0.3 is 0 Å². The van der Waals surface area contributed by atoms with E-state index in [2.05, 4.69) is 4.99 Å². The van der Waals surface area contributed by atoms with Gasteiger partial charge in [-0.05, 0) is 32.1 Å². The van der Waals surface area contributed by atoms with Gasteiger partial charge in [-0.2, -0.15) is 0 Å². The van der Waals surface area contributed by atoms with Crippen LogP contribution in [0.15, 0.2) is 47.5 Å². The highest BCUT2D eigenvalue weighted by molar-refractivity contribution is 5.98. The third kappa shape index (κ3) is 3.58. The largest absolute Gasteiger partial charge is 0.484 e. The zero-order valence-corrected chi connectivity index (χ0v) is 9.47. The number of rotatable bonds is 4. The van der Waals surface area contributed by atoms with Gasteiger partial charge in [0.05, 0.1) is 5.71 Å². The molecule has 0 aromatic heterocycles. The standard InChI is InChI=1S/C13H17NO/c1-4-8-13(14-3)11(2)15-12-9-6-5-7-10-12/h4-11H,1-3H3. The van der Waals surface area contributed by atoms with Crippen molar-refractivity contribution in [3.05, 3.63) is 42.5 Å². The molecule has 1 unspecified atom stereocenters. The Bertz CT molecular complexity index is 341. The van der Waals surface area contributed by atoms with Crippen molar-refractivity contribution >= 4 is 5.71 Å². The van der Waals surface area contributed by atoms with Crippen LogP contribution in [0.2, 0.25) is 0 Å². The first-order valence-electron chi connectivity index (χ1n) is 5.09. The molecule has 2 heteroatoms. The van der Waals surface area contributed by atoms with Crippen LogP contribution in [0.1, 0.15) is 13.8 Å². The van der Waals surface area contributed by atoms with Crippen molar-refractivity contribution < 1.29 is 4.74 Å². The summed E-state index contributed by atoms with van der Waals surface area (Å²) in [5.74, 6) is 0.871. The average molecular weight is 203 g/mol. The predicted molar refractivity (Wildman–Crippen MR) is 64.7 cm³/mol. The maximum atomic E-state index is 5.74. The van der Waals surface area contributed by atoms with E-state index in [0.29, 0.717) is 0 Å². The molecule has 15 heavy (non-hydrogen) atoms. The summed E-state index contributed by atoms with van der Waals surface area (Å²) in [5, 5.41) is 0. The van der Waals surface area contributed by atoms with Gasteiger partial charge < -0.3 is 4.74 Å². The fraction of sp³-hybridized carbons (Fsp3) is 0.308. The smallest absolute Gasteiger partial charge is 0.137 e. The maximum absolute atomic E-state index is 5.74. The molecule has 1 aromatic rings. The topological polar surface area (TPSA) is 21.6 Å². The molecule has 0 amide bonds. The number of allylic oxidation sites excluding steroid dienone is 1. The van der Waals surface area contributed by atoms with Crippen LogP contribution in [0.5, 0.6) is 5.75 Å². The van der Waals surface area contributed by atoms with Crippen molar-refractivity contribution in [3.63, 3.8) is 0 Å². The number of benzene rings is 1. The van der Waals surface area contributed by atoms with Crippen LogP contribution in [-0.4, -0.2) is 18.9 Å². The Kier molecular flexibility index (Phi) is 4.61. The van der Waals surface area contributed by atoms with Crippen LogP contribution in [-0.2, 0) is 0 Å². The molecule has 0 fully saturated rings. The molecule has 1 atom stereocenters. The fourth-order valence-electron chi connectivity index (χ4n) is 1.33. The lowest BCUT2D eigenvalue weighted by Crippen LogP contribution is -2.22. The third-order valence-electron chi connectivity index (χ3n) is 2.07. The van der Waals surface area contributed by atoms with E-state index < -0.39 is 0 Å². The second-order valence-electron chi connectivity index (χ2n) is 3.22. The van der Waals surface area contributed by atoms with Gasteiger partial charge in [-0.25, -0.2) is 0 Å². The highest BCUT2D eigenvalue weighted by atomic mass is 16.5. The second kappa shape index (κ2) is 6.02. The zero-order valence-electron chi connectivity index (χ0n) is 9.47. The second-order valence-corrected chi connectivity index (χ2v) is 3.22. The van der Waals surface area contributed by atoms with E-state index in [0.717, 1.165) is 11.5 Å². The molecule has 0 saturated carbocycles. The normalized spacial score (nSPS) is 14.2. The summed E-state index contributed by atoms with van der Waals surface area (Å²) in [4.78, 5) is 4.18. The minimum absolute atomic E-state index is 0.0198. The molecule has 0 saturated heterocycles. The van der Waals surface area contributed by atoms with Crippen molar-refractivity contribution in [1.29, 1.82) is 0 Å². The lowest BCUT2D eigenvalue weighted by atomic mass is 10.2. The Balaban J connectivity index is 2.67. The molecule has 1 rings (SSSR count). The summed E-state index contributed by atoms with van der Waals surface area (Å²) >= 11 is 0. The molecule has 0 aliphatic heterocycles. The molecule has 0 heterocycles. The molecule has 80 valence electrons. The van der Waals surface area contributed by atoms with Gasteiger partial charge in [0.25, 0.3) is 0 Å². The minimum atomic E-state index is -0.0198. The summed E-state index contributed by atoms with van der Waals surface area (Å²) in [6, 6.07) is 9.78. The number of nitrogens with zero attached hydrogens (tertiary/aromatic N) is 1. The molecule has 2 nitrogen and oxygen atoms in total. The van der Waals surface area contributed by atoms with Gasteiger partial charge in [0, 0.05) is 7.05 Å². The fourth-order valence-corrected chi connectivity index (χ4v) is 1.33. The van der Waals surface area contributed by atoms with Crippen molar-refractivity contribution in [3.8, 4) is 5.75 Å². The van der Waals surface area contributed by atoms with Gasteiger partial charge in [0.15, 0.2) is 0 Å². The van der Waals surface area contributed by atoms with Crippen molar-refractivity contribution in [2.75, 3.05) is 7.05 Å². The quantitative estimate of drug-likeness (QED) is 0.689. The van der Waals surface area contributed by atoms with E-state index in [-0.39, 0.29) is 6.10 Å². The zero-order chi connectivity index (χ0) is 11.1. The highest BCUT2D eigenvalue weighted by Gasteiger charge is 2.07. The van der Waals surface area contributed by atoms with Crippen LogP contribution in [0.4, 0.5) is 0 Å². The molecule has 0 radical (unpaired) electrons. The van der Waals surface area contributed by atoms with Crippen LogP contribution in [0.3, 0.4) is 0 Å². The molecule has 0 aliphatic carbocycles. The van der Waals surface area contributed by atoms with E-state index in [4.69, 9.17) is 4.74 Å². The summed E-state index contributed by atoms with van der Waals surface area (Å²) in [5.41, 5.74) is 0.946. The number of hydrogen-bond acceptors (Lipinski definition) is 2. The first-order chi connectivity index (χ1) is 7.27. The predicted octanol–water partition coefficient (Wildman–Crippen LogP) is 3.10. The van der Waals surface area contributed by atoms with Crippen LogP contribution in [0, 0.1) is 0 Å². The first kappa shape index (κ1) is 11.5. The SMILES string of the molecule is CC=CC(=NC)C(C)Oc1ccccc1. The Labute approximate surface area is 91.3 Å². The van der Waals surface area contributed by atoms with Gasteiger partial charge in [-0.15, -0.1) is 0 Å². The molecular formula is C13H17NO. The lowest BCUT2D eigenvalue weighted by molar-refractivity contribution is 0.288. The van der Waals surface area contributed by atoms with E-state index >= 15 is 0 Å². The Hall–Kier alpha value is -1.57. The molecule has 0 bridgehead atoms.